The number of aromatic nitrogens is 5. The Morgan fingerprint density at radius 3 is 2.70 bits per heavy atom. The van der Waals surface area contributed by atoms with Gasteiger partial charge in [-0.05, 0) is 44.4 Å². The van der Waals surface area contributed by atoms with Gasteiger partial charge in [-0.2, -0.15) is 14.9 Å². The first-order chi connectivity index (χ1) is 14.3. The monoisotopic (exact) mass is 416 g/mol. The molecule has 0 saturated heterocycles. The van der Waals surface area contributed by atoms with E-state index in [0.29, 0.717) is 18.9 Å². The minimum atomic E-state index is -4.66. The van der Waals surface area contributed by atoms with Crippen molar-refractivity contribution in [2.75, 3.05) is 0 Å². The van der Waals surface area contributed by atoms with Crippen LogP contribution in [0.5, 0.6) is 0 Å². The summed E-state index contributed by atoms with van der Waals surface area (Å²) in [5, 5.41) is 10.9. The lowest BCUT2D eigenvalue weighted by atomic mass is 10.1. The van der Waals surface area contributed by atoms with E-state index in [2.05, 4.69) is 26.6 Å². The molecule has 30 heavy (non-hydrogen) atoms. The molecule has 1 unspecified atom stereocenters. The summed E-state index contributed by atoms with van der Waals surface area (Å²) >= 11 is 0. The summed E-state index contributed by atoms with van der Waals surface area (Å²) in [6.45, 7) is 2.01. The lowest BCUT2D eigenvalue weighted by molar-refractivity contribution is -0.212. The van der Waals surface area contributed by atoms with Crippen LogP contribution in [0.15, 0.2) is 30.6 Å². The highest BCUT2D eigenvalue weighted by Crippen LogP contribution is 2.40. The molecule has 4 heterocycles. The van der Waals surface area contributed by atoms with Gasteiger partial charge in [0, 0.05) is 36.1 Å². The maximum atomic E-state index is 12.8. The van der Waals surface area contributed by atoms with E-state index in [0.717, 1.165) is 41.7 Å². The van der Waals surface area contributed by atoms with E-state index in [1.165, 1.54) is 6.92 Å². The van der Waals surface area contributed by atoms with Gasteiger partial charge in [-0.15, -0.1) is 13.2 Å². The maximum Gasteiger partial charge on any atom is 0.504 e. The standard InChI is InChI=1S/C20H19F3N6O/c1-11-14(10-29(26-11)20(21,22)23)19(30)25-15-5-7-28-18(15)9-17(27-28)13-4-6-24-16(8-13)12-2-3-12/h4,6,8-10,12,15H,2-3,5,7H2,1H3,(H,25,30). The average molecular weight is 416 g/mol. The molecule has 1 atom stereocenters. The van der Waals surface area contributed by atoms with E-state index in [9.17, 15) is 18.0 Å². The van der Waals surface area contributed by atoms with Gasteiger partial charge in [-0.1, -0.05) is 0 Å². The summed E-state index contributed by atoms with van der Waals surface area (Å²) in [6.07, 6.45) is 0.800. The molecule has 5 rings (SSSR count). The normalized spacial score (nSPS) is 18.5. The molecule has 7 nitrogen and oxygen atoms in total. The van der Waals surface area contributed by atoms with Crippen molar-refractivity contribution in [1.82, 2.24) is 29.9 Å². The van der Waals surface area contributed by atoms with Crippen LogP contribution in [0.3, 0.4) is 0 Å². The zero-order valence-electron chi connectivity index (χ0n) is 16.1. The van der Waals surface area contributed by atoms with Gasteiger partial charge in [0.2, 0.25) is 0 Å². The van der Waals surface area contributed by atoms with Gasteiger partial charge in [0.1, 0.15) is 0 Å². The fraction of sp³-hybridized carbons (Fsp3) is 0.400. The number of rotatable bonds is 4. The van der Waals surface area contributed by atoms with Gasteiger partial charge in [0.25, 0.3) is 5.91 Å². The molecule has 1 N–H and O–H groups in total. The van der Waals surface area contributed by atoms with Crippen LogP contribution in [0, 0.1) is 6.92 Å². The van der Waals surface area contributed by atoms with Crippen molar-refractivity contribution in [1.29, 1.82) is 0 Å². The largest absolute Gasteiger partial charge is 0.504 e. The molecule has 0 aromatic carbocycles. The number of carbonyl (C=O) groups excluding carboxylic acids is 1. The number of pyridine rings is 1. The Morgan fingerprint density at radius 2 is 2.00 bits per heavy atom. The van der Waals surface area contributed by atoms with Gasteiger partial charge in [-0.3, -0.25) is 14.5 Å². The van der Waals surface area contributed by atoms with E-state index in [-0.39, 0.29) is 22.0 Å². The zero-order valence-corrected chi connectivity index (χ0v) is 16.1. The number of halogens is 3. The number of carbonyl (C=O) groups is 1. The molecule has 3 aromatic heterocycles. The molecule has 156 valence electrons. The predicted octanol–water partition coefficient (Wildman–Crippen LogP) is 3.68. The third-order valence-electron chi connectivity index (χ3n) is 5.58. The number of nitrogens with zero attached hydrogens (tertiary/aromatic N) is 5. The molecule has 1 amide bonds. The first-order valence-corrected chi connectivity index (χ1v) is 9.78. The van der Waals surface area contributed by atoms with E-state index in [1.54, 1.807) is 6.20 Å². The fourth-order valence-corrected chi connectivity index (χ4v) is 3.84. The Kier molecular flexibility index (Phi) is 4.19. The number of amides is 1. The quantitative estimate of drug-likeness (QED) is 0.704. The number of alkyl halides is 3. The summed E-state index contributed by atoms with van der Waals surface area (Å²) in [5.74, 6) is -0.0450. The highest BCUT2D eigenvalue weighted by atomic mass is 19.4. The van der Waals surface area contributed by atoms with Crippen molar-refractivity contribution < 1.29 is 18.0 Å². The number of fused-ring (bicyclic) bond motifs is 1. The van der Waals surface area contributed by atoms with Crippen LogP contribution in [-0.4, -0.2) is 30.5 Å². The van der Waals surface area contributed by atoms with Crippen molar-refractivity contribution in [3.05, 3.63) is 53.2 Å². The Morgan fingerprint density at radius 1 is 1.20 bits per heavy atom. The van der Waals surface area contributed by atoms with Crippen molar-refractivity contribution in [3.63, 3.8) is 0 Å². The first kappa shape index (κ1) is 18.8. The second-order valence-corrected chi connectivity index (χ2v) is 7.78. The molecule has 1 saturated carbocycles. The SMILES string of the molecule is Cc1nn(C(F)(F)F)cc1C(=O)NC1CCn2nc(-c3ccnc(C4CC4)c3)cc21. The smallest absolute Gasteiger partial charge is 0.343 e. The molecule has 1 aliphatic carbocycles. The van der Waals surface area contributed by atoms with Crippen LogP contribution >= 0.6 is 0 Å². The average Bonchev–Trinajstić information content (AvgIpc) is 3.17. The molecule has 1 aliphatic heterocycles. The van der Waals surface area contributed by atoms with Crippen LogP contribution in [0.1, 0.15) is 58.7 Å². The van der Waals surface area contributed by atoms with Crippen molar-refractivity contribution in [3.8, 4) is 11.3 Å². The molecule has 1 fully saturated rings. The van der Waals surface area contributed by atoms with Crippen LogP contribution < -0.4 is 5.32 Å². The number of nitrogens with one attached hydrogen (secondary N) is 1. The molecular formula is C20H19F3N6O. The molecule has 0 spiro atoms. The molecule has 2 aliphatic rings. The van der Waals surface area contributed by atoms with Crippen LogP contribution in [0.4, 0.5) is 13.2 Å². The van der Waals surface area contributed by atoms with Gasteiger partial charge < -0.3 is 5.32 Å². The van der Waals surface area contributed by atoms with Crippen LogP contribution in [0.25, 0.3) is 11.3 Å². The second-order valence-electron chi connectivity index (χ2n) is 7.78. The molecule has 10 heteroatoms. The Balaban J connectivity index is 1.36. The Hall–Kier alpha value is -3.17. The number of aryl methyl sites for hydroxylation is 2. The lowest BCUT2D eigenvalue weighted by Crippen LogP contribution is -2.27. The number of hydrogen-bond acceptors (Lipinski definition) is 4. The topological polar surface area (TPSA) is 77.6 Å². The summed E-state index contributed by atoms with van der Waals surface area (Å²) in [7, 11) is 0. The minimum absolute atomic E-state index is 0.0291. The number of hydrogen-bond donors (Lipinski definition) is 1. The second kappa shape index (κ2) is 6.68. The fourth-order valence-electron chi connectivity index (χ4n) is 3.84. The van der Waals surface area contributed by atoms with Gasteiger partial charge >= 0.3 is 6.30 Å². The molecule has 0 bridgehead atoms. The van der Waals surface area contributed by atoms with Crippen molar-refractivity contribution >= 4 is 5.91 Å². The van der Waals surface area contributed by atoms with Crippen LogP contribution in [-0.2, 0) is 12.8 Å². The third kappa shape index (κ3) is 3.35. The van der Waals surface area contributed by atoms with E-state index in [1.807, 2.05) is 16.8 Å². The highest BCUT2D eigenvalue weighted by Gasteiger charge is 2.34. The zero-order chi connectivity index (χ0) is 21.0. The highest BCUT2D eigenvalue weighted by molar-refractivity contribution is 5.95. The van der Waals surface area contributed by atoms with Gasteiger partial charge in [0.05, 0.1) is 28.7 Å². The van der Waals surface area contributed by atoms with E-state index in [4.69, 9.17) is 0 Å². The van der Waals surface area contributed by atoms with Gasteiger partial charge in [0.15, 0.2) is 0 Å². The van der Waals surface area contributed by atoms with Crippen molar-refractivity contribution in [2.45, 2.75) is 51.0 Å². The third-order valence-corrected chi connectivity index (χ3v) is 5.58. The summed E-state index contributed by atoms with van der Waals surface area (Å²) in [6, 6.07) is 5.57. The lowest BCUT2D eigenvalue weighted by Gasteiger charge is -2.11. The van der Waals surface area contributed by atoms with E-state index >= 15 is 0 Å². The summed E-state index contributed by atoms with van der Waals surface area (Å²) in [4.78, 5) is 17.0. The van der Waals surface area contributed by atoms with Crippen molar-refractivity contribution in [2.24, 2.45) is 0 Å². The Labute approximate surface area is 169 Å². The summed E-state index contributed by atoms with van der Waals surface area (Å²) < 4.78 is 40.2. The molecule has 3 aromatic rings. The first-order valence-electron chi connectivity index (χ1n) is 9.78. The minimum Gasteiger partial charge on any atom is -0.343 e. The Bertz CT molecular complexity index is 1130. The van der Waals surface area contributed by atoms with E-state index < -0.39 is 12.2 Å². The van der Waals surface area contributed by atoms with Gasteiger partial charge in [-0.25, -0.2) is 0 Å². The van der Waals surface area contributed by atoms with Crippen LogP contribution in [0.2, 0.25) is 0 Å². The summed E-state index contributed by atoms with van der Waals surface area (Å²) in [5.41, 5.74) is 3.62. The maximum absolute atomic E-state index is 12.8. The molecular weight excluding hydrogens is 397 g/mol. The molecule has 0 radical (unpaired) electrons. The predicted molar refractivity (Wildman–Crippen MR) is 101 cm³/mol.